The lowest BCUT2D eigenvalue weighted by molar-refractivity contribution is 0.171. The molecule has 2 aliphatic rings. The van der Waals surface area contributed by atoms with Crippen LogP contribution in [0.2, 0.25) is 0 Å². The maximum absolute atomic E-state index is 3.53. The topological polar surface area (TPSA) is 15.3 Å². The first-order valence-corrected chi connectivity index (χ1v) is 8.08. The summed E-state index contributed by atoms with van der Waals surface area (Å²) in [6, 6.07) is 9.65. The van der Waals surface area contributed by atoms with Crippen molar-refractivity contribution in [3.63, 3.8) is 0 Å². The highest BCUT2D eigenvalue weighted by atomic mass is 15.2. The second kappa shape index (κ2) is 5.50. The van der Waals surface area contributed by atoms with Gasteiger partial charge in [0.25, 0.3) is 0 Å². The van der Waals surface area contributed by atoms with Crippen molar-refractivity contribution in [3.05, 3.63) is 35.4 Å². The smallest absolute Gasteiger partial charge is 0.00737 e. The van der Waals surface area contributed by atoms with Crippen LogP contribution in [0, 0.1) is 12.3 Å². The Kier molecular flexibility index (Phi) is 3.87. The SMILES string of the molecule is Cc1ccccc1C1CC(C)N(CC2(C)CCNC2)C1. The van der Waals surface area contributed by atoms with E-state index < -0.39 is 0 Å². The maximum atomic E-state index is 3.53. The lowest BCUT2D eigenvalue weighted by Crippen LogP contribution is -2.39. The van der Waals surface area contributed by atoms with E-state index in [1.54, 1.807) is 5.56 Å². The molecule has 3 atom stereocenters. The fourth-order valence-electron chi connectivity index (χ4n) is 4.08. The van der Waals surface area contributed by atoms with Crippen molar-refractivity contribution in [1.82, 2.24) is 10.2 Å². The summed E-state index contributed by atoms with van der Waals surface area (Å²) < 4.78 is 0. The summed E-state index contributed by atoms with van der Waals surface area (Å²) in [4.78, 5) is 2.73. The molecule has 1 aromatic rings. The molecule has 1 N–H and O–H groups in total. The van der Waals surface area contributed by atoms with E-state index in [1.165, 1.54) is 44.6 Å². The Labute approximate surface area is 123 Å². The van der Waals surface area contributed by atoms with Crippen LogP contribution < -0.4 is 5.32 Å². The van der Waals surface area contributed by atoms with Crippen LogP contribution in [-0.2, 0) is 0 Å². The van der Waals surface area contributed by atoms with Crippen LogP contribution in [0.3, 0.4) is 0 Å². The molecule has 0 saturated carbocycles. The number of hydrogen-bond donors (Lipinski definition) is 1. The average molecular weight is 272 g/mol. The van der Waals surface area contributed by atoms with Crippen molar-refractivity contribution < 1.29 is 0 Å². The van der Waals surface area contributed by atoms with Crippen LogP contribution >= 0.6 is 0 Å². The summed E-state index contributed by atoms with van der Waals surface area (Å²) in [5.74, 6) is 0.726. The first-order valence-electron chi connectivity index (χ1n) is 8.08. The highest BCUT2D eigenvalue weighted by Crippen LogP contribution is 2.36. The van der Waals surface area contributed by atoms with Gasteiger partial charge in [-0.05, 0) is 55.7 Å². The fraction of sp³-hybridized carbons (Fsp3) is 0.667. The Bertz CT molecular complexity index is 462. The molecule has 0 bridgehead atoms. The molecule has 0 amide bonds. The van der Waals surface area contributed by atoms with Gasteiger partial charge >= 0.3 is 0 Å². The monoisotopic (exact) mass is 272 g/mol. The van der Waals surface area contributed by atoms with Gasteiger partial charge in [-0.2, -0.15) is 0 Å². The van der Waals surface area contributed by atoms with E-state index >= 15 is 0 Å². The quantitative estimate of drug-likeness (QED) is 0.909. The molecule has 3 unspecified atom stereocenters. The van der Waals surface area contributed by atoms with Crippen molar-refractivity contribution >= 4 is 0 Å². The van der Waals surface area contributed by atoms with E-state index in [0.29, 0.717) is 5.41 Å². The second-order valence-electron chi connectivity index (χ2n) is 7.31. The summed E-state index contributed by atoms with van der Waals surface area (Å²) in [5, 5.41) is 3.53. The normalized spacial score (nSPS) is 34.8. The van der Waals surface area contributed by atoms with E-state index in [-0.39, 0.29) is 0 Å². The summed E-state index contributed by atoms with van der Waals surface area (Å²) >= 11 is 0. The van der Waals surface area contributed by atoms with Gasteiger partial charge in [-0.25, -0.2) is 0 Å². The third-order valence-electron chi connectivity index (χ3n) is 5.37. The molecule has 0 aliphatic carbocycles. The Morgan fingerprint density at radius 1 is 1.35 bits per heavy atom. The number of nitrogens with one attached hydrogen (secondary N) is 1. The van der Waals surface area contributed by atoms with E-state index in [1.807, 2.05) is 0 Å². The average Bonchev–Trinajstić information content (AvgIpc) is 2.98. The van der Waals surface area contributed by atoms with Crippen LogP contribution in [0.15, 0.2) is 24.3 Å². The van der Waals surface area contributed by atoms with E-state index in [9.17, 15) is 0 Å². The maximum Gasteiger partial charge on any atom is 0.00737 e. The Hall–Kier alpha value is -0.860. The predicted molar refractivity (Wildman–Crippen MR) is 85.2 cm³/mol. The molecule has 20 heavy (non-hydrogen) atoms. The first-order chi connectivity index (χ1) is 9.57. The molecule has 0 aromatic heterocycles. The molecular weight excluding hydrogens is 244 g/mol. The van der Waals surface area contributed by atoms with Gasteiger partial charge in [-0.1, -0.05) is 31.2 Å². The van der Waals surface area contributed by atoms with Gasteiger partial charge in [0, 0.05) is 25.7 Å². The predicted octanol–water partition coefficient (Wildman–Crippen LogP) is 3.17. The van der Waals surface area contributed by atoms with Gasteiger partial charge in [0.05, 0.1) is 0 Å². The zero-order chi connectivity index (χ0) is 14.2. The molecule has 2 aliphatic heterocycles. The largest absolute Gasteiger partial charge is 0.316 e. The molecule has 0 radical (unpaired) electrons. The highest BCUT2D eigenvalue weighted by Gasteiger charge is 2.37. The Balaban J connectivity index is 1.69. The minimum absolute atomic E-state index is 0.481. The summed E-state index contributed by atoms with van der Waals surface area (Å²) in [7, 11) is 0. The second-order valence-corrected chi connectivity index (χ2v) is 7.31. The first kappa shape index (κ1) is 14.1. The van der Waals surface area contributed by atoms with Crippen LogP contribution in [-0.4, -0.2) is 37.1 Å². The zero-order valence-corrected chi connectivity index (χ0v) is 13.2. The number of hydrogen-bond acceptors (Lipinski definition) is 2. The molecule has 110 valence electrons. The molecule has 0 spiro atoms. The number of rotatable bonds is 3. The highest BCUT2D eigenvalue weighted by molar-refractivity contribution is 5.30. The van der Waals surface area contributed by atoms with Crippen LogP contribution in [0.1, 0.15) is 43.7 Å². The number of nitrogens with zero attached hydrogens (tertiary/aromatic N) is 1. The van der Waals surface area contributed by atoms with Crippen molar-refractivity contribution in [2.24, 2.45) is 5.41 Å². The molecule has 2 heterocycles. The Morgan fingerprint density at radius 3 is 2.85 bits per heavy atom. The van der Waals surface area contributed by atoms with Crippen molar-refractivity contribution in [1.29, 1.82) is 0 Å². The molecular formula is C18H28N2. The van der Waals surface area contributed by atoms with Crippen molar-refractivity contribution in [3.8, 4) is 0 Å². The van der Waals surface area contributed by atoms with Crippen LogP contribution in [0.25, 0.3) is 0 Å². The van der Waals surface area contributed by atoms with Crippen LogP contribution in [0.4, 0.5) is 0 Å². The van der Waals surface area contributed by atoms with E-state index in [0.717, 1.165) is 12.0 Å². The summed E-state index contributed by atoms with van der Waals surface area (Å²) in [6.07, 6.45) is 2.64. The molecule has 2 saturated heterocycles. The third kappa shape index (κ3) is 2.77. The fourth-order valence-corrected chi connectivity index (χ4v) is 4.08. The van der Waals surface area contributed by atoms with Gasteiger partial charge in [-0.15, -0.1) is 0 Å². The summed E-state index contributed by atoms with van der Waals surface area (Å²) in [6.45, 7) is 12.0. The number of aryl methyl sites for hydroxylation is 1. The van der Waals surface area contributed by atoms with Gasteiger partial charge in [0.15, 0.2) is 0 Å². The van der Waals surface area contributed by atoms with Crippen molar-refractivity contribution in [2.75, 3.05) is 26.2 Å². The third-order valence-corrected chi connectivity index (χ3v) is 5.37. The minimum atomic E-state index is 0.481. The number of benzene rings is 1. The lowest BCUT2D eigenvalue weighted by Gasteiger charge is -2.31. The number of likely N-dealkylation sites (tertiary alicyclic amines) is 1. The molecule has 3 rings (SSSR count). The van der Waals surface area contributed by atoms with Gasteiger partial charge in [0.2, 0.25) is 0 Å². The molecule has 2 heteroatoms. The van der Waals surface area contributed by atoms with Crippen molar-refractivity contribution in [2.45, 2.75) is 45.6 Å². The zero-order valence-electron chi connectivity index (χ0n) is 13.2. The van der Waals surface area contributed by atoms with Gasteiger partial charge < -0.3 is 5.32 Å². The standard InChI is InChI=1S/C18H28N2/c1-14-6-4-5-7-17(14)16-10-15(2)20(11-16)13-18(3)8-9-19-12-18/h4-7,15-16,19H,8-13H2,1-3H3. The molecule has 2 nitrogen and oxygen atoms in total. The molecule has 1 aromatic carbocycles. The lowest BCUT2D eigenvalue weighted by atomic mass is 9.89. The Morgan fingerprint density at radius 2 is 2.15 bits per heavy atom. The molecule has 2 fully saturated rings. The van der Waals surface area contributed by atoms with Crippen LogP contribution in [0.5, 0.6) is 0 Å². The summed E-state index contributed by atoms with van der Waals surface area (Å²) in [5.41, 5.74) is 3.51. The van der Waals surface area contributed by atoms with E-state index in [4.69, 9.17) is 0 Å². The minimum Gasteiger partial charge on any atom is -0.316 e. The van der Waals surface area contributed by atoms with Gasteiger partial charge in [-0.3, -0.25) is 4.90 Å². The van der Waals surface area contributed by atoms with Gasteiger partial charge in [0.1, 0.15) is 0 Å². The van der Waals surface area contributed by atoms with E-state index in [2.05, 4.69) is 55.3 Å².